The molecule has 0 unspecified atom stereocenters. The highest BCUT2D eigenvalue weighted by atomic mass is 35.5. The lowest BCUT2D eigenvalue weighted by molar-refractivity contribution is -0.119. The number of benzene rings is 2. The Morgan fingerprint density at radius 2 is 1.83 bits per heavy atom. The lowest BCUT2D eigenvalue weighted by Crippen LogP contribution is -2.21. The van der Waals surface area contributed by atoms with Crippen molar-refractivity contribution in [1.29, 1.82) is 0 Å². The Balaban J connectivity index is 1.65. The van der Waals surface area contributed by atoms with Crippen LogP contribution in [0.4, 0.5) is 5.69 Å². The SMILES string of the molecule is Cc1ccc(C)c(NC(=O)COC(=O)c2c(C)nn(Cc3ccccc3)c2Cl)c1. The quantitative estimate of drug-likeness (QED) is 0.613. The first kappa shape index (κ1) is 20.6. The molecule has 0 saturated heterocycles. The van der Waals surface area contributed by atoms with Gasteiger partial charge in [0.15, 0.2) is 6.61 Å². The normalized spacial score (nSPS) is 10.6. The van der Waals surface area contributed by atoms with Crippen LogP contribution in [0.25, 0.3) is 0 Å². The molecule has 1 amide bonds. The molecule has 0 bridgehead atoms. The fourth-order valence-corrected chi connectivity index (χ4v) is 3.22. The average Bonchev–Trinajstić information content (AvgIpc) is 2.97. The maximum atomic E-state index is 12.5. The molecule has 1 N–H and O–H groups in total. The number of hydrogen-bond acceptors (Lipinski definition) is 4. The second kappa shape index (κ2) is 8.92. The minimum Gasteiger partial charge on any atom is -0.452 e. The molecular weight excluding hydrogens is 390 g/mol. The number of halogens is 1. The molecule has 7 heteroatoms. The van der Waals surface area contributed by atoms with E-state index in [2.05, 4.69) is 10.4 Å². The number of aromatic nitrogens is 2. The van der Waals surface area contributed by atoms with Gasteiger partial charge in [0.2, 0.25) is 0 Å². The second-order valence-corrected chi connectivity index (χ2v) is 7.20. The predicted octanol–water partition coefficient (Wildman–Crippen LogP) is 4.31. The molecule has 0 aliphatic heterocycles. The van der Waals surface area contributed by atoms with Crippen LogP contribution in [-0.4, -0.2) is 28.3 Å². The van der Waals surface area contributed by atoms with Gasteiger partial charge in [-0.1, -0.05) is 54.1 Å². The molecule has 6 nitrogen and oxygen atoms in total. The van der Waals surface area contributed by atoms with Crippen molar-refractivity contribution in [2.24, 2.45) is 0 Å². The van der Waals surface area contributed by atoms with Crippen molar-refractivity contribution in [1.82, 2.24) is 9.78 Å². The first-order valence-electron chi connectivity index (χ1n) is 9.16. The summed E-state index contributed by atoms with van der Waals surface area (Å²) in [5, 5.41) is 7.27. The van der Waals surface area contributed by atoms with Crippen LogP contribution in [0.15, 0.2) is 48.5 Å². The lowest BCUT2D eigenvalue weighted by Gasteiger charge is -2.10. The van der Waals surface area contributed by atoms with Crippen LogP contribution in [0.3, 0.4) is 0 Å². The molecule has 29 heavy (non-hydrogen) atoms. The zero-order chi connectivity index (χ0) is 21.0. The average molecular weight is 412 g/mol. The Labute approximate surface area is 174 Å². The van der Waals surface area contributed by atoms with E-state index in [4.69, 9.17) is 16.3 Å². The third kappa shape index (κ3) is 5.03. The van der Waals surface area contributed by atoms with E-state index in [0.717, 1.165) is 16.7 Å². The highest BCUT2D eigenvalue weighted by molar-refractivity contribution is 6.32. The number of nitrogens with one attached hydrogen (secondary N) is 1. The fraction of sp³-hybridized carbons (Fsp3) is 0.227. The van der Waals surface area contributed by atoms with Crippen LogP contribution in [0.5, 0.6) is 0 Å². The molecule has 0 radical (unpaired) electrons. The summed E-state index contributed by atoms with van der Waals surface area (Å²) in [6.07, 6.45) is 0. The van der Waals surface area contributed by atoms with Crippen LogP contribution in [0.2, 0.25) is 5.15 Å². The number of ether oxygens (including phenoxy) is 1. The lowest BCUT2D eigenvalue weighted by atomic mass is 10.1. The number of nitrogens with zero attached hydrogens (tertiary/aromatic N) is 2. The minimum absolute atomic E-state index is 0.169. The highest BCUT2D eigenvalue weighted by Gasteiger charge is 2.22. The number of rotatable bonds is 6. The topological polar surface area (TPSA) is 73.2 Å². The van der Waals surface area contributed by atoms with Gasteiger partial charge in [-0.3, -0.25) is 4.79 Å². The largest absolute Gasteiger partial charge is 0.452 e. The predicted molar refractivity (Wildman–Crippen MR) is 112 cm³/mol. The summed E-state index contributed by atoms with van der Waals surface area (Å²) in [6.45, 7) is 5.53. The van der Waals surface area contributed by atoms with Gasteiger partial charge in [0, 0.05) is 5.69 Å². The Hall–Kier alpha value is -3.12. The molecule has 1 aromatic heterocycles. The van der Waals surface area contributed by atoms with Crippen molar-refractivity contribution in [2.75, 3.05) is 11.9 Å². The number of aryl methyl sites for hydroxylation is 3. The Morgan fingerprint density at radius 1 is 1.10 bits per heavy atom. The fourth-order valence-electron chi connectivity index (χ4n) is 2.91. The number of carbonyl (C=O) groups is 2. The van der Waals surface area contributed by atoms with Crippen molar-refractivity contribution >= 4 is 29.2 Å². The van der Waals surface area contributed by atoms with Gasteiger partial charge in [0.25, 0.3) is 5.91 Å². The molecule has 1 heterocycles. The van der Waals surface area contributed by atoms with Gasteiger partial charge in [-0.15, -0.1) is 0 Å². The molecule has 0 aliphatic carbocycles. The van der Waals surface area contributed by atoms with Gasteiger partial charge in [-0.2, -0.15) is 5.10 Å². The highest BCUT2D eigenvalue weighted by Crippen LogP contribution is 2.22. The smallest absolute Gasteiger partial charge is 0.343 e. The Kier molecular flexibility index (Phi) is 6.34. The van der Waals surface area contributed by atoms with Crippen molar-refractivity contribution in [2.45, 2.75) is 27.3 Å². The number of esters is 1. The van der Waals surface area contributed by atoms with Crippen molar-refractivity contribution < 1.29 is 14.3 Å². The molecule has 0 saturated carbocycles. The third-order valence-electron chi connectivity index (χ3n) is 4.45. The third-order valence-corrected chi connectivity index (χ3v) is 4.83. The monoisotopic (exact) mass is 411 g/mol. The second-order valence-electron chi connectivity index (χ2n) is 6.84. The summed E-state index contributed by atoms with van der Waals surface area (Å²) < 4.78 is 6.71. The van der Waals surface area contributed by atoms with E-state index >= 15 is 0 Å². The van der Waals surface area contributed by atoms with E-state index in [0.29, 0.717) is 17.9 Å². The summed E-state index contributed by atoms with van der Waals surface area (Å²) in [4.78, 5) is 24.7. The molecule has 3 aromatic rings. The van der Waals surface area contributed by atoms with E-state index in [-0.39, 0.29) is 10.7 Å². The molecule has 0 aliphatic rings. The summed E-state index contributed by atoms with van der Waals surface area (Å²) in [6, 6.07) is 15.4. The first-order chi connectivity index (χ1) is 13.8. The number of amides is 1. The molecule has 0 spiro atoms. The standard InChI is InChI=1S/C22H22ClN3O3/c1-14-9-10-15(2)18(11-14)24-19(27)13-29-22(28)20-16(3)25-26(21(20)23)12-17-7-5-4-6-8-17/h4-11H,12-13H2,1-3H3,(H,24,27). The maximum absolute atomic E-state index is 12.5. The Morgan fingerprint density at radius 3 is 2.55 bits per heavy atom. The summed E-state index contributed by atoms with van der Waals surface area (Å²) >= 11 is 6.36. The van der Waals surface area contributed by atoms with Crippen molar-refractivity contribution in [3.8, 4) is 0 Å². The van der Waals surface area contributed by atoms with Crippen molar-refractivity contribution in [3.05, 3.63) is 81.6 Å². The summed E-state index contributed by atoms with van der Waals surface area (Å²) in [5.41, 5.74) is 4.26. The van der Waals surface area contributed by atoms with E-state index < -0.39 is 18.5 Å². The molecule has 150 valence electrons. The minimum atomic E-state index is -0.678. The molecule has 0 atom stereocenters. The molecular formula is C22H22ClN3O3. The van der Waals surface area contributed by atoms with Gasteiger partial charge >= 0.3 is 5.97 Å². The van der Waals surface area contributed by atoms with Gasteiger partial charge in [-0.05, 0) is 43.5 Å². The van der Waals surface area contributed by atoms with E-state index in [9.17, 15) is 9.59 Å². The van der Waals surface area contributed by atoms with Gasteiger partial charge in [-0.25, -0.2) is 9.48 Å². The van der Waals surface area contributed by atoms with Crippen LogP contribution in [0, 0.1) is 20.8 Å². The summed E-state index contributed by atoms with van der Waals surface area (Å²) in [5.74, 6) is -1.10. The van der Waals surface area contributed by atoms with Gasteiger partial charge < -0.3 is 10.1 Å². The first-order valence-corrected chi connectivity index (χ1v) is 9.54. The molecule has 0 fully saturated rings. The number of carbonyl (C=O) groups excluding carboxylic acids is 2. The summed E-state index contributed by atoms with van der Waals surface area (Å²) in [7, 11) is 0. The van der Waals surface area contributed by atoms with E-state index in [1.807, 2.05) is 62.4 Å². The van der Waals surface area contributed by atoms with Crippen molar-refractivity contribution in [3.63, 3.8) is 0 Å². The zero-order valence-electron chi connectivity index (χ0n) is 16.5. The van der Waals surface area contributed by atoms with Crippen LogP contribution >= 0.6 is 11.6 Å². The van der Waals surface area contributed by atoms with Gasteiger partial charge in [0.1, 0.15) is 10.7 Å². The van der Waals surface area contributed by atoms with Crippen LogP contribution in [0.1, 0.15) is 32.7 Å². The van der Waals surface area contributed by atoms with E-state index in [1.165, 1.54) is 0 Å². The molecule has 3 rings (SSSR count). The van der Waals surface area contributed by atoms with Crippen LogP contribution in [-0.2, 0) is 16.1 Å². The maximum Gasteiger partial charge on any atom is 0.343 e. The van der Waals surface area contributed by atoms with Crippen LogP contribution < -0.4 is 5.32 Å². The Bertz CT molecular complexity index is 1040. The zero-order valence-corrected chi connectivity index (χ0v) is 17.3. The number of anilines is 1. The molecule has 2 aromatic carbocycles. The van der Waals surface area contributed by atoms with Gasteiger partial charge in [0.05, 0.1) is 12.2 Å². The number of hydrogen-bond donors (Lipinski definition) is 1. The van der Waals surface area contributed by atoms with E-state index in [1.54, 1.807) is 11.6 Å².